The number of hydrogen-bond donors (Lipinski definition) is 2. The highest BCUT2D eigenvalue weighted by atomic mass is 35.5. The number of ether oxygens (including phenoxy) is 1. The molecule has 1 aliphatic heterocycles. The molecular weight excluding hydrogens is 338 g/mol. The zero-order valence-corrected chi connectivity index (χ0v) is 14.9. The van der Waals surface area contributed by atoms with Crippen LogP contribution in [-0.2, 0) is 0 Å². The number of benzene rings is 2. The Balaban J connectivity index is 1.45. The molecule has 1 heterocycles. The maximum atomic E-state index is 12.0. The van der Waals surface area contributed by atoms with Crippen LogP contribution in [0.3, 0.4) is 0 Å². The van der Waals surface area contributed by atoms with Crippen molar-refractivity contribution >= 4 is 29.0 Å². The van der Waals surface area contributed by atoms with E-state index in [1.54, 1.807) is 19.2 Å². The van der Waals surface area contributed by atoms with E-state index in [0.29, 0.717) is 23.2 Å². The lowest BCUT2D eigenvalue weighted by Gasteiger charge is -2.19. The maximum absolute atomic E-state index is 12.0. The first-order chi connectivity index (χ1) is 12.1. The van der Waals surface area contributed by atoms with E-state index < -0.39 is 0 Å². The van der Waals surface area contributed by atoms with Crippen molar-refractivity contribution < 1.29 is 9.53 Å². The zero-order chi connectivity index (χ0) is 17.6. The number of halogens is 1. The fraction of sp³-hybridized carbons (Fsp3) is 0.316. The van der Waals surface area contributed by atoms with Gasteiger partial charge in [-0.1, -0.05) is 17.7 Å². The van der Waals surface area contributed by atoms with Gasteiger partial charge in [-0.2, -0.15) is 0 Å². The number of urea groups is 1. The average Bonchev–Trinajstić information content (AvgIpc) is 3.09. The number of hydrogen-bond acceptors (Lipinski definition) is 3. The number of rotatable bonds is 5. The Morgan fingerprint density at radius 3 is 2.80 bits per heavy atom. The second-order valence-electron chi connectivity index (χ2n) is 6.14. The van der Waals surface area contributed by atoms with Gasteiger partial charge in [-0.05, 0) is 54.8 Å². The molecule has 25 heavy (non-hydrogen) atoms. The lowest BCUT2D eigenvalue weighted by atomic mass is 10.1. The number of anilines is 2. The number of nitrogens with zero attached hydrogens (tertiary/aromatic N) is 1. The van der Waals surface area contributed by atoms with E-state index >= 15 is 0 Å². The van der Waals surface area contributed by atoms with E-state index in [1.807, 2.05) is 24.3 Å². The van der Waals surface area contributed by atoms with Crippen LogP contribution < -0.4 is 20.3 Å². The van der Waals surface area contributed by atoms with Gasteiger partial charge in [0.05, 0.1) is 7.11 Å². The molecule has 5 nitrogen and oxygen atoms in total. The van der Waals surface area contributed by atoms with Gasteiger partial charge < -0.3 is 20.3 Å². The summed E-state index contributed by atoms with van der Waals surface area (Å²) in [6, 6.07) is 15.0. The summed E-state index contributed by atoms with van der Waals surface area (Å²) in [6.45, 7) is 2.58. The van der Waals surface area contributed by atoms with Crippen LogP contribution in [0.5, 0.6) is 5.75 Å². The van der Waals surface area contributed by atoms with Crippen LogP contribution in [-0.4, -0.2) is 32.8 Å². The predicted molar refractivity (Wildman–Crippen MR) is 102 cm³/mol. The average molecular weight is 360 g/mol. The Morgan fingerprint density at radius 1 is 1.28 bits per heavy atom. The summed E-state index contributed by atoms with van der Waals surface area (Å²) in [6.07, 6.45) is 1.06. The molecule has 0 aromatic heterocycles. The Kier molecular flexibility index (Phi) is 5.66. The summed E-state index contributed by atoms with van der Waals surface area (Å²) in [5.74, 6) is 1.30. The summed E-state index contributed by atoms with van der Waals surface area (Å²) >= 11 is 5.92. The maximum Gasteiger partial charge on any atom is 0.319 e. The molecular formula is C19H22ClN3O2. The molecule has 0 aliphatic carbocycles. The molecule has 6 heteroatoms. The Labute approximate surface area is 152 Å². The Hall–Kier alpha value is -2.40. The monoisotopic (exact) mass is 359 g/mol. The molecule has 1 unspecified atom stereocenters. The van der Waals surface area contributed by atoms with Gasteiger partial charge >= 0.3 is 6.03 Å². The molecule has 2 amide bonds. The van der Waals surface area contributed by atoms with Crippen molar-refractivity contribution in [3.8, 4) is 5.75 Å². The van der Waals surface area contributed by atoms with Gasteiger partial charge in [-0.15, -0.1) is 0 Å². The third kappa shape index (κ3) is 4.79. The van der Waals surface area contributed by atoms with Crippen LogP contribution in [0.1, 0.15) is 6.42 Å². The third-order valence-electron chi connectivity index (χ3n) is 4.36. The van der Waals surface area contributed by atoms with Crippen LogP contribution >= 0.6 is 11.6 Å². The van der Waals surface area contributed by atoms with Crippen molar-refractivity contribution in [1.82, 2.24) is 5.32 Å². The zero-order valence-electron chi connectivity index (χ0n) is 14.2. The minimum atomic E-state index is -0.204. The number of amides is 2. The molecule has 1 aliphatic rings. The molecule has 0 bridgehead atoms. The topological polar surface area (TPSA) is 53.6 Å². The van der Waals surface area contributed by atoms with Crippen molar-refractivity contribution in [3.63, 3.8) is 0 Å². The molecule has 1 saturated heterocycles. The molecule has 1 atom stereocenters. The largest absolute Gasteiger partial charge is 0.497 e. The highest BCUT2D eigenvalue weighted by Crippen LogP contribution is 2.25. The third-order valence-corrected chi connectivity index (χ3v) is 4.59. The standard InChI is InChI=1S/C19H22ClN3O2/c1-25-18-7-5-17(6-8-18)23-10-9-14(13-23)12-21-19(24)22-16-4-2-3-15(20)11-16/h2-8,11,14H,9-10,12-13H2,1H3,(H2,21,22,24). The van der Waals surface area contributed by atoms with E-state index in [4.69, 9.17) is 16.3 Å². The van der Waals surface area contributed by atoms with E-state index in [0.717, 1.165) is 25.3 Å². The molecule has 2 aromatic carbocycles. The van der Waals surface area contributed by atoms with Gasteiger partial charge in [0.15, 0.2) is 0 Å². The highest BCUT2D eigenvalue weighted by molar-refractivity contribution is 6.30. The quantitative estimate of drug-likeness (QED) is 0.848. The lowest BCUT2D eigenvalue weighted by molar-refractivity contribution is 0.250. The van der Waals surface area contributed by atoms with Crippen LogP contribution in [0.2, 0.25) is 5.02 Å². The van der Waals surface area contributed by atoms with E-state index in [-0.39, 0.29) is 6.03 Å². The van der Waals surface area contributed by atoms with Crippen LogP contribution in [0.4, 0.5) is 16.2 Å². The fourth-order valence-corrected chi connectivity index (χ4v) is 3.20. The van der Waals surface area contributed by atoms with Gasteiger partial charge in [-0.25, -0.2) is 4.79 Å². The molecule has 1 fully saturated rings. The van der Waals surface area contributed by atoms with E-state index in [9.17, 15) is 4.79 Å². The van der Waals surface area contributed by atoms with E-state index in [1.165, 1.54) is 5.69 Å². The number of nitrogens with one attached hydrogen (secondary N) is 2. The van der Waals surface area contributed by atoms with Crippen molar-refractivity contribution in [2.45, 2.75) is 6.42 Å². The molecule has 3 rings (SSSR count). The summed E-state index contributed by atoms with van der Waals surface area (Å²) < 4.78 is 5.19. The van der Waals surface area contributed by atoms with Gasteiger partial charge in [0.2, 0.25) is 0 Å². The molecule has 2 aromatic rings. The molecule has 0 spiro atoms. The molecule has 0 radical (unpaired) electrons. The number of methoxy groups -OCH3 is 1. The van der Waals surface area contributed by atoms with Crippen molar-refractivity contribution in [2.24, 2.45) is 5.92 Å². The predicted octanol–water partition coefficient (Wildman–Crippen LogP) is 4.00. The van der Waals surface area contributed by atoms with Crippen LogP contribution in [0.25, 0.3) is 0 Å². The molecule has 2 N–H and O–H groups in total. The van der Waals surface area contributed by atoms with Gasteiger partial charge in [0, 0.05) is 36.0 Å². The smallest absolute Gasteiger partial charge is 0.319 e. The van der Waals surface area contributed by atoms with Gasteiger partial charge in [0.25, 0.3) is 0 Å². The molecule has 0 saturated carbocycles. The first-order valence-corrected chi connectivity index (χ1v) is 8.71. The van der Waals surface area contributed by atoms with E-state index in [2.05, 4.69) is 27.7 Å². The summed E-state index contributed by atoms with van der Waals surface area (Å²) in [7, 11) is 1.67. The lowest BCUT2D eigenvalue weighted by Crippen LogP contribution is -2.34. The normalized spacial score (nSPS) is 16.6. The Morgan fingerprint density at radius 2 is 2.08 bits per heavy atom. The van der Waals surface area contributed by atoms with Crippen molar-refractivity contribution in [2.75, 3.05) is 37.0 Å². The second kappa shape index (κ2) is 8.12. The van der Waals surface area contributed by atoms with Gasteiger partial charge in [-0.3, -0.25) is 0 Å². The summed E-state index contributed by atoms with van der Waals surface area (Å²) in [5.41, 5.74) is 1.88. The second-order valence-corrected chi connectivity index (χ2v) is 6.58. The summed E-state index contributed by atoms with van der Waals surface area (Å²) in [4.78, 5) is 14.3. The first kappa shape index (κ1) is 17.4. The van der Waals surface area contributed by atoms with Crippen molar-refractivity contribution in [1.29, 1.82) is 0 Å². The number of carbonyl (C=O) groups excluding carboxylic acids is 1. The highest BCUT2D eigenvalue weighted by Gasteiger charge is 2.23. The van der Waals surface area contributed by atoms with Crippen molar-refractivity contribution in [3.05, 3.63) is 53.6 Å². The molecule has 132 valence electrons. The first-order valence-electron chi connectivity index (χ1n) is 8.33. The minimum absolute atomic E-state index is 0.204. The Bertz CT molecular complexity index is 721. The van der Waals surface area contributed by atoms with Crippen LogP contribution in [0, 0.1) is 5.92 Å². The summed E-state index contributed by atoms with van der Waals surface area (Å²) in [5, 5.41) is 6.34. The minimum Gasteiger partial charge on any atom is -0.497 e. The fourth-order valence-electron chi connectivity index (χ4n) is 3.01. The van der Waals surface area contributed by atoms with Gasteiger partial charge in [0.1, 0.15) is 5.75 Å². The van der Waals surface area contributed by atoms with Crippen LogP contribution in [0.15, 0.2) is 48.5 Å². The number of carbonyl (C=O) groups is 1. The SMILES string of the molecule is COc1ccc(N2CCC(CNC(=O)Nc3cccc(Cl)c3)C2)cc1.